The summed E-state index contributed by atoms with van der Waals surface area (Å²) in [5.74, 6) is -0.841. The van der Waals surface area contributed by atoms with Crippen LogP contribution in [0.25, 0.3) is 0 Å². The van der Waals surface area contributed by atoms with E-state index in [-0.39, 0.29) is 11.4 Å². The number of benzene rings is 1. The molecule has 74 valence electrons. The molecule has 0 saturated heterocycles. The molecule has 4 heteroatoms. The van der Waals surface area contributed by atoms with Crippen molar-refractivity contribution in [2.24, 2.45) is 0 Å². The molecule has 2 rings (SSSR count). The van der Waals surface area contributed by atoms with Gasteiger partial charge in [-0.05, 0) is 17.7 Å². The minimum Gasteiger partial charge on any atom is -0.465 e. The Hall–Kier alpha value is -1.42. The molecule has 0 bridgehead atoms. The lowest BCUT2D eigenvalue weighted by Gasteiger charge is -2.03. The fourth-order valence-corrected chi connectivity index (χ4v) is 1.61. The molecule has 1 aromatic rings. The molecule has 0 amide bonds. The highest BCUT2D eigenvalue weighted by Crippen LogP contribution is 2.21. The Balaban J connectivity index is 2.46. The third-order valence-electron chi connectivity index (χ3n) is 2.33. The third kappa shape index (κ3) is 1.37. The zero-order chi connectivity index (χ0) is 10.1. The molecule has 14 heavy (non-hydrogen) atoms. The Morgan fingerprint density at radius 3 is 3.00 bits per heavy atom. The van der Waals surface area contributed by atoms with Gasteiger partial charge in [0.15, 0.2) is 0 Å². The first-order valence-electron chi connectivity index (χ1n) is 4.32. The molecule has 1 aliphatic rings. The zero-order valence-corrected chi connectivity index (χ0v) is 7.76. The molecule has 3 nitrogen and oxygen atoms in total. The van der Waals surface area contributed by atoms with E-state index in [0.29, 0.717) is 18.7 Å². The van der Waals surface area contributed by atoms with Crippen LogP contribution in [-0.4, -0.2) is 13.1 Å². The molecule has 1 N–H and O–H groups in total. The number of methoxy groups -OCH3 is 1. The summed E-state index contributed by atoms with van der Waals surface area (Å²) in [6.07, 6.45) is 0. The van der Waals surface area contributed by atoms with Crippen LogP contribution < -0.4 is 5.32 Å². The number of carbonyl (C=O) groups excluding carboxylic acids is 1. The van der Waals surface area contributed by atoms with Gasteiger partial charge in [0.1, 0.15) is 5.82 Å². The molecule has 0 aliphatic carbocycles. The number of hydrogen-bond acceptors (Lipinski definition) is 3. The third-order valence-corrected chi connectivity index (χ3v) is 2.33. The number of hydrogen-bond donors (Lipinski definition) is 1. The van der Waals surface area contributed by atoms with Crippen LogP contribution in [0, 0.1) is 5.82 Å². The second-order valence-corrected chi connectivity index (χ2v) is 3.19. The highest BCUT2D eigenvalue weighted by atomic mass is 19.1. The van der Waals surface area contributed by atoms with Gasteiger partial charge >= 0.3 is 5.97 Å². The highest BCUT2D eigenvalue weighted by molar-refractivity contribution is 5.89. The van der Waals surface area contributed by atoms with Crippen LogP contribution in [-0.2, 0) is 17.8 Å². The monoisotopic (exact) mass is 195 g/mol. The molecule has 0 aromatic heterocycles. The second kappa shape index (κ2) is 3.38. The minimum absolute atomic E-state index is 0.271. The maximum atomic E-state index is 13.4. The Kier molecular flexibility index (Phi) is 2.21. The van der Waals surface area contributed by atoms with E-state index in [0.717, 1.165) is 5.56 Å². The molecule has 1 heterocycles. The molecule has 1 aliphatic heterocycles. The maximum Gasteiger partial charge on any atom is 0.337 e. The minimum atomic E-state index is -0.501. The summed E-state index contributed by atoms with van der Waals surface area (Å²) >= 11 is 0. The van der Waals surface area contributed by atoms with Gasteiger partial charge in [0.2, 0.25) is 0 Å². The van der Waals surface area contributed by atoms with Gasteiger partial charge in [-0.3, -0.25) is 0 Å². The molecule has 0 fully saturated rings. The Morgan fingerprint density at radius 1 is 1.50 bits per heavy atom. The number of carbonyl (C=O) groups is 1. The number of esters is 1. The molecule has 0 unspecified atom stereocenters. The van der Waals surface area contributed by atoms with E-state index < -0.39 is 5.97 Å². The molecular formula is C10H10FNO2. The van der Waals surface area contributed by atoms with Gasteiger partial charge < -0.3 is 10.1 Å². The lowest BCUT2D eigenvalue weighted by molar-refractivity contribution is 0.0600. The second-order valence-electron chi connectivity index (χ2n) is 3.19. The van der Waals surface area contributed by atoms with Gasteiger partial charge in [0.05, 0.1) is 12.7 Å². The smallest absolute Gasteiger partial charge is 0.337 e. The van der Waals surface area contributed by atoms with Crippen LogP contribution in [0.1, 0.15) is 21.5 Å². The summed E-state index contributed by atoms with van der Waals surface area (Å²) < 4.78 is 17.9. The van der Waals surface area contributed by atoms with Gasteiger partial charge in [-0.15, -0.1) is 0 Å². The first-order chi connectivity index (χ1) is 6.72. The summed E-state index contributed by atoms with van der Waals surface area (Å²) in [6.45, 7) is 1.14. The van der Waals surface area contributed by atoms with Crippen molar-refractivity contribution < 1.29 is 13.9 Å². The number of rotatable bonds is 1. The summed E-state index contributed by atoms with van der Waals surface area (Å²) in [6, 6.07) is 2.89. The summed E-state index contributed by atoms with van der Waals surface area (Å²) in [7, 11) is 1.28. The predicted molar refractivity (Wildman–Crippen MR) is 48.3 cm³/mol. The van der Waals surface area contributed by atoms with Crippen molar-refractivity contribution >= 4 is 5.97 Å². The van der Waals surface area contributed by atoms with Gasteiger partial charge in [-0.1, -0.05) is 0 Å². The Bertz CT molecular complexity index is 390. The van der Waals surface area contributed by atoms with Crippen LogP contribution in [0.5, 0.6) is 0 Å². The van der Waals surface area contributed by atoms with Crippen molar-refractivity contribution in [2.45, 2.75) is 13.1 Å². The van der Waals surface area contributed by atoms with Crippen molar-refractivity contribution in [2.75, 3.05) is 7.11 Å². The van der Waals surface area contributed by atoms with E-state index >= 15 is 0 Å². The van der Waals surface area contributed by atoms with E-state index in [1.165, 1.54) is 13.2 Å². The number of nitrogens with one attached hydrogen (secondary N) is 1. The molecule has 0 radical (unpaired) electrons. The van der Waals surface area contributed by atoms with E-state index in [2.05, 4.69) is 10.1 Å². The molecule has 0 spiro atoms. The van der Waals surface area contributed by atoms with Crippen LogP contribution in [0.3, 0.4) is 0 Å². The summed E-state index contributed by atoms with van der Waals surface area (Å²) in [4.78, 5) is 11.2. The van der Waals surface area contributed by atoms with E-state index in [4.69, 9.17) is 0 Å². The Labute approximate surface area is 80.9 Å². The van der Waals surface area contributed by atoms with Crippen LogP contribution in [0.4, 0.5) is 4.39 Å². The summed E-state index contributed by atoms with van der Waals surface area (Å²) in [5.41, 5.74) is 1.76. The van der Waals surface area contributed by atoms with Crippen molar-refractivity contribution in [3.05, 3.63) is 34.6 Å². The fraction of sp³-hybridized carbons (Fsp3) is 0.300. The van der Waals surface area contributed by atoms with E-state index in [1.54, 1.807) is 6.07 Å². The van der Waals surface area contributed by atoms with Crippen LogP contribution >= 0.6 is 0 Å². The van der Waals surface area contributed by atoms with Crippen molar-refractivity contribution in [1.82, 2.24) is 5.32 Å². The maximum absolute atomic E-state index is 13.4. The van der Waals surface area contributed by atoms with Gasteiger partial charge in [0, 0.05) is 18.7 Å². The van der Waals surface area contributed by atoms with Crippen molar-refractivity contribution in [3.63, 3.8) is 0 Å². The van der Waals surface area contributed by atoms with Gasteiger partial charge in [-0.2, -0.15) is 0 Å². The average Bonchev–Trinajstić information content (AvgIpc) is 2.64. The quantitative estimate of drug-likeness (QED) is 0.684. The SMILES string of the molecule is COC(=O)c1cc(F)c2c(c1)CNC2. The van der Waals surface area contributed by atoms with E-state index in [1.807, 2.05) is 0 Å². The lowest BCUT2D eigenvalue weighted by Crippen LogP contribution is -2.03. The van der Waals surface area contributed by atoms with Crippen LogP contribution in [0.2, 0.25) is 0 Å². The fourth-order valence-electron chi connectivity index (χ4n) is 1.61. The topological polar surface area (TPSA) is 38.3 Å². The van der Waals surface area contributed by atoms with Gasteiger partial charge in [0.25, 0.3) is 0 Å². The molecule has 0 atom stereocenters. The zero-order valence-electron chi connectivity index (χ0n) is 7.76. The number of fused-ring (bicyclic) bond motifs is 1. The van der Waals surface area contributed by atoms with E-state index in [9.17, 15) is 9.18 Å². The number of ether oxygens (including phenoxy) is 1. The Morgan fingerprint density at radius 2 is 2.29 bits per heavy atom. The first kappa shape index (κ1) is 9.15. The number of halogens is 1. The average molecular weight is 195 g/mol. The van der Waals surface area contributed by atoms with Crippen molar-refractivity contribution in [1.29, 1.82) is 0 Å². The van der Waals surface area contributed by atoms with Gasteiger partial charge in [-0.25, -0.2) is 9.18 Å². The van der Waals surface area contributed by atoms with Crippen molar-refractivity contribution in [3.8, 4) is 0 Å². The molecule has 1 aromatic carbocycles. The summed E-state index contributed by atoms with van der Waals surface area (Å²) in [5, 5.41) is 3.02. The molecular weight excluding hydrogens is 185 g/mol. The predicted octanol–water partition coefficient (Wildman–Crippen LogP) is 1.22. The molecule has 0 saturated carbocycles. The standard InChI is InChI=1S/C10H10FNO2/c1-14-10(13)6-2-7-4-12-5-8(7)9(11)3-6/h2-3,12H,4-5H2,1H3. The normalized spacial score (nSPS) is 13.9. The van der Waals surface area contributed by atoms with Crippen LogP contribution in [0.15, 0.2) is 12.1 Å². The lowest BCUT2D eigenvalue weighted by atomic mass is 10.1. The largest absolute Gasteiger partial charge is 0.465 e. The first-order valence-corrected chi connectivity index (χ1v) is 4.32. The highest BCUT2D eigenvalue weighted by Gasteiger charge is 2.18.